The Morgan fingerprint density at radius 1 is 1.43 bits per heavy atom. The smallest absolute Gasteiger partial charge is 0.234 e. The van der Waals surface area contributed by atoms with Crippen LogP contribution in [-0.2, 0) is 16.1 Å². The summed E-state index contributed by atoms with van der Waals surface area (Å²) >= 11 is 0. The first-order valence-corrected chi connectivity index (χ1v) is 7.14. The van der Waals surface area contributed by atoms with Gasteiger partial charge >= 0.3 is 0 Å². The molecule has 2 rings (SSSR count). The van der Waals surface area contributed by atoms with Crippen molar-refractivity contribution in [2.75, 3.05) is 19.7 Å². The molecule has 1 fully saturated rings. The van der Waals surface area contributed by atoms with Crippen molar-refractivity contribution in [3.8, 4) is 0 Å². The average Bonchev–Trinajstić information content (AvgIpc) is 3.25. The van der Waals surface area contributed by atoms with Gasteiger partial charge in [-0.15, -0.1) is 0 Å². The quantitative estimate of drug-likeness (QED) is 0.623. The second-order valence-corrected chi connectivity index (χ2v) is 5.23. The highest BCUT2D eigenvalue weighted by atomic mass is 19.1. The standard InChI is InChI=1S/C15H21FN2O3/c16-14-4-2-1-3-11(14)9-21-10-13(19)7-17-8-15(20)18-12-5-6-12/h1-4,12-13,17,19H,5-10H2,(H,18,20). The number of nitrogens with one attached hydrogen (secondary N) is 2. The highest BCUT2D eigenvalue weighted by Gasteiger charge is 2.22. The van der Waals surface area contributed by atoms with Crippen molar-refractivity contribution in [1.82, 2.24) is 10.6 Å². The minimum Gasteiger partial charge on any atom is -0.389 e. The highest BCUT2D eigenvalue weighted by molar-refractivity contribution is 5.78. The van der Waals surface area contributed by atoms with Crippen molar-refractivity contribution in [2.24, 2.45) is 0 Å². The Kier molecular flexibility index (Phi) is 6.10. The molecule has 0 spiro atoms. The third kappa shape index (κ3) is 6.20. The third-order valence-corrected chi connectivity index (χ3v) is 3.13. The van der Waals surface area contributed by atoms with Crippen molar-refractivity contribution >= 4 is 5.91 Å². The highest BCUT2D eigenvalue weighted by Crippen LogP contribution is 2.18. The summed E-state index contributed by atoms with van der Waals surface area (Å²) in [7, 11) is 0. The molecule has 3 N–H and O–H groups in total. The molecular weight excluding hydrogens is 275 g/mol. The number of carbonyl (C=O) groups excluding carboxylic acids is 1. The van der Waals surface area contributed by atoms with Crippen molar-refractivity contribution in [2.45, 2.75) is 31.6 Å². The van der Waals surface area contributed by atoms with Crippen molar-refractivity contribution in [1.29, 1.82) is 0 Å². The number of hydrogen-bond donors (Lipinski definition) is 3. The van der Waals surface area contributed by atoms with Gasteiger partial charge in [0.2, 0.25) is 5.91 Å². The molecule has 6 heteroatoms. The molecule has 0 aromatic heterocycles. The maximum absolute atomic E-state index is 13.3. The zero-order chi connectivity index (χ0) is 15.1. The van der Waals surface area contributed by atoms with Crippen molar-refractivity contribution < 1.29 is 19.0 Å². The molecule has 0 aliphatic heterocycles. The van der Waals surface area contributed by atoms with E-state index in [-0.39, 0.29) is 38.0 Å². The molecule has 1 unspecified atom stereocenters. The van der Waals surface area contributed by atoms with Crippen LogP contribution in [0.3, 0.4) is 0 Å². The number of ether oxygens (including phenoxy) is 1. The van der Waals surface area contributed by atoms with Gasteiger partial charge in [0.1, 0.15) is 5.82 Å². The number of amides is 1. The predicted octanol–water partition coefficient (Wildman–Crippen LogP) is 0.571. The molecule has 116 valence electrons. The summed E-state index contributed by atoms with van der Waals surface area (Å²) in [5.74, 6) is -0.376. The van der Waals surface area contributed by atoms with E-state index in [1.807, 2.05) is 0 Å². The monoisotopic (exact) mass is 296 g/mol. The fourth-order valence-corrected chi connectivity index (χ4v) is 1.84. The molecule has 0 heterocycles. The Balaban J connectivity index is 1.53. The van der Waals surface area contributed by atoms with Crippen LogP contribution in [0.1, 0.15) is 18.4 Å². The van der Waals surface area contributed by atoms with E-state index in [1.165, 1.54) is 6.07 Å². The Morgan fingerprint density at radius 2 is 2.19 bits per heavy atom. The molecule has 1 aliphatic carbocycles. The molecule has 1 amide bonds. The van der Waals surface area contributed by atoms with E-state index < -0.39 is 6.10 Å². The van der Waals surface area contributed by atoms with Crippen LogP contribution in [0, 0.1) is 5.82 Å². The summed E-state index contributed by atoms with van der Waals surface area (Å²) in [6.07, 6.45) is 1.38. The number of carbonyl (C=O) groups is 1. The van der Waals surface area contributed by atoms with E-state index >= 15 is 0 Å². The number of hydrogen-bond acceptors (Lipinski definition) is 4. The molecule has 0 radical (unpaired) electrons. The lowest BCUT2D eigenvalue weighted by Crippen LogP contribution is -2.39. The fourth-order valence-electron chi connectivity index (χ4n) is 1.84. The maximum Gasteiger partial charge on any atom is 0.234 e. The molecule has 1 aromatic carbocycles. The topological polar surface area (TPSA) is 70.6 Å². The van der Waals surface area contributed by atoms with Crippen LogP contribution in [0.25, 0.3) is 0 Å². The van der Waals surface area contributed by atoms with E-state index in [1.54, 1.807) is 18.2 Å². The Labute approximate surface area is 123 Å². The van der Waals surface area contributed by atoms with E-state index in [0.717, 1.165) is 12.8 Å². The molecule has 0 bridgehead atoms. The van der Waals surface area contributed by atoms with Gasteiger partial charge in [0.05, 0.1) is 25.9 Å². The van der Waals surface area contributed by atoms with E-state index in [2.05, 4.69) is 10.6 Å². The molecular formula is C15H21FN2O3. The first kappa shape index (κ1) is 15.9. The minimum absolute atomic E-state index is 0.0584. The Hall–Kier alpha value is -1.50. The SMILES string of the molecule is O=C(CNCC(O)COCc1ccccc1F)NC1CC1. The zero-order valence-corrected chi connectivity index (χ0v) is 11.8. The van der Waals surface area contributed by atoms with E-state index in [0.29, 0.717) is 11.6 Å². The minimum atomic E-state index is -0.731. The van der Waals surface area contributed by atoms with Gasteiger partial charge in [-0.25, -0.2) is 4.39 Å². The predicted molar refractivity (Wildman–Crippen MR) is 76.1 cm³/mol. The summed E-state index contributed by atoms with van der Waals surface area (Å²) in [5.41, 5.74) is 0.460. The summed E-state index contributed by atoms with van der Waals surface area (Å²) < 4.78 is 18.6. The summed E-state index contributed by atoms with van der Waals surface area (Å²) in [4.78, 5) is 11.4. The first-order chi connectivity index (χ1) is 10.1. The van der Waals surface area contributed by atoms with Gasteiger partial charge in [-0.3, -0.25) is 4.79 Å². The molecule has 1 atom stereocenters. The molecule has 5 nitrogen and oxygen atoms in total. The van der Waals surface area contributed by atoms with Crippen LogP contribution in [0.5, 0.6) is 0 Å². The number of aliphatic hydroxyl groups is 1. The Morgan fingerprint density at radius 3 is 2.90 bits per heavy atom. The second-order valence-electron chi connectivity index (χ2n) is 5.23. The van der Waals surface area contributed by atoms with Crippen LogP contribution < -0.4 is 10.6 Å². The van der Waals surface area contributed by atoms with E-state index in [4.69, 9.17) is 4.74 Å². The van der Waals surface area contributed by atoms with Gasteiger partial charge in [0.25, 0.3) is 0 Å². The summed E-state index contributed by atoms with van der Waals surface area (Å²) in [6.45, 7) is 0.647. The zero-order valence-electron chi connectivity index (χ0n) is 11.8. The fraction of sp³-hybridized carbons (Fsp3) is 0.533. The van der Waals surface area contributed by atoms with Gasteiger partial charge < -0.3 is 20.5 Å². The second kappa shape index (κ2) is 8.07. The molecule has 1 saturated carbocycles. The van der Waals surface area contributed by atoms with Gasteiger partial charge in [0.15, 0.2) is 0 Å². The lowest BCUT2D eigenvalue weighted by atomic mass is 10.2. The van der Waals surface area contributed by atoms with Gasteiger partial charge in [-0.2, -0.15) is 0 Å². The largest absolute Gasteiger partial charge is 0.389 e. The Bertz CT molecular complexity index is 466. The summed E-state index contributed by atoms with van der Waals surface area (Å²) in [5, 5.41) is 15.4. The van der Waals surface area contributed by atoms with Crippen LogP contribution in [0.4, 0.5) is 4.39 Å². The molecule has 1 aliphatic rings. The van der Waals surface area contributed by atoms with Crippen LogP contribution in [0.2, 0.25) is 0 Å². The number of rotatable bonds is 9. The first-order valence-electron chi connectivity index (χ1n) is 7.14. The number of aliphatic hydroxyl groups excluding tert-OH is 1. The summed E-state index contributed by atoms with van der Waals surface area (Å²) in [6, 6.07) is 6.70. The lowest BCUT2D eigenvalue weighted by molar-refractivity contribution is -0.120. The van der Waals surface area contributed by atoms with Gasteiger partial charge in [0, 0.05) is 18.2 Å². The van der Waals surface area contributed by atoms with Crippen LogP contribution in [0.15, 0.2) is 24.3 Å². The molecule has 21 heavy (non-hydrogen) atoms. The molecule has 1 aromatic rings. The maximum atomic E-state index is 13.3. The van der Waals surface area contributed by atoms with Crippen LogP contribution >= 0.6 is 0 Å². The van der Waals surface area contributed by atoms with Crippen molar-refractivity contribution in [3.05, 3.63) is 35.6 Å². The average molecular weight is 296 g/mol. The number of benzene rings is 1. The van der Waals surface area contributed by atoms with E-state index in [9.17, 15) is 14.3 Å². The van der Waals surface area contributed by atoms with Gasteiger partial charge in [-0.1, -0.05) is 18.2 Å². The third-order valence-electron chi connectivity index (χ3n) is 3.13. The normalized spacial score (nSPS) is 15.7. The van der Waals surface area contributed by atoms with Crippen molar-refractivity contribution in [3.63, 3.8) is 0 Å². The lowest BCUT2D eigenvalue weighted by Gasteiger charge is -2.12. The van der Waals surface area contributed by atoms with Crippen LogP contribution in [-0.4, -0.2) is 42.9 Å². The van der Waals surface area contributed by atoms with Gasteiger partial charge in [-0.05, 0) is 18.9 Å². The molecule has 0 saturated heterocycles. The number of halogens is 1.